The maximum atomic E-state index is 14.4. The zero-order valence-corrected chi connectivity index (χ0v) is 13.1. The van der Waals surface area contributed by atoms with Crippen LogP contribution in [0.4, 0.5) is 14.9 Å². The molecule has 23 heavy (non-hydrogen) atoms. The number of urea groups is 1. The zero-order chi connectivity index (χ0) is 16.4. The van der Waals surface area contributed by atoms with E-state index in [0.717, 1.165) is 30.8 Å². The normalized spacial score (nSPS) is 20.3. The fraction of sp³-hybridized carbons (Fsp3) is 0.412. The van der Waals surface area contributed by atoms with Gasteiger partial charge in [-0.15, -0.1) is 0 Å². The minimum Gasteiger partial charge on any atom is -0.369 e. The second-order valence-corrected chi connectivity index (χ2v) is 5.80. The first-order chi connectivity index (χ1) is 11.1. The minimum absolute atomic E-state index is 0.182. The van der Waals surface area contributed by atoms with Gasteiger partial charge in [-0.05, 0) is 50.0 Å². The Balaban J connectivity index is 1.82. The van der Waals surface area contributed by atoms with Crippen molar-refractivity contribution in [1.82, 2.24) is 10.2 Å². The molecule has 2 saturated heterocycles. The molecule has 0 aliphatic carbocycles. The third-order valence-electron chi connectivity index (χ3n) is 4.26. The molecule has 0 spiro atoms. The lowest BCUT2D eigenvalue weighted by molar-refractivity contribution is -0.122. The molecule has 2 aliphatic rings. The summed E-state index contributed by atoms with van der Waals surface area (Å²) in [5.74, 6) is -0.677. The molecule has 6 heteroatoms. The van der Waals surface area contributed by atoms with Gasteiger partial charge in [-0.3, -0.25) is 9.69 Å². The summed E-state index contributed by atoms with van der Waals surface area (Å²) in [5.41, 5.74) is 1.34. The number of hydrogen-bond acceptors (Lipinski definition) is 3. The highest BCUT2D eigenvalue weighted by Gasteiger charge is 2.32. The van der Waals surface area contributed by atoms with Crippen LogP contribution in [0.2, 0.25) is 0 Å². The summed E-state index contributed by atoms with van der Waals surface area (Å²) in [4.78, 5) is 26.8. The first-order valence-electron chi connectivity index (χ1n) is 7.99. The number of piperidine rings is 1. The number of rotatable bonds is 3. The third-order valence-corrected chi connectivity index (χ3v) is 4.26. The number of imide groups is 1. The molecular weight excluding hydrogens is 297 g/mol. The maximum Gasteiger partial charge on any atom is 0.328 e. The zero-order valence-electron chi connectivity index (χ0n) is 13.1. The van der Waals surface area contributed by atoms with Gasteiger partial charge in [0.25, 0.3) is 5.91 Å². The second kappa shape index (κ2) is 6.40. The van der Waals surface area contributed by atoms with Gasteiger partial charge in [-0.1, -0.05) is 6.07 Å². The van der Waals surface area contributed by atoms with Crippen LogP contribution in [-0.2, 0) is 4.79 Å². The largest absolute Gasteiger partial charge is 0.369 e. The van der Waals surface area contributed by atoms with E-state index >= 15 is 0 Å². The van der Waals surface area contributed by atoms with Crippen LogP contribution in [-0.4, -0.2) is 36.5 Å². The van der Waals surface area contributed by atoms with Crippen molar-refractivity contribution in [2.75, 3.05) is 24.5 Å². The molecule has 1 aromatic carbocycles. The monoisotopic (exact) mass is 317 g/mol. The fourth-order valence-electron chi connectivity index (χ4n) is 3.03. The highest BCUT2D eigenvalue weighted by Crippen LogP contribution is 2.25. The van der Waals surface area contributed by atoms with Crippen molar-refractivity contribution in [2.45, 2.75) is 26.2 Å². The molecule has 0 unspecified atom stereocenters. The molecule has 2 heterocycles. The molecule has 2 aliphatic heterocycles. The van der Waals surface area contributed by atoms with Gasteiger partial charge in [0.05, 0.1) is 5.69 Å². The molecule has 1 aromatic rings. The molecule has 1 N–H and O–H groups in total. The van der Waals surface area contributed by atoms with Gasteiger partial charge in [0.1, 0.15) is 11.5 Å². The molecule has 2 fully saturated rings. The Hall–Kier alpha value is -2.37. The second-order valence-electron chi connectivity index (χ2n) is 5.80. The Morgan fingerprint density at radius 2 is 1.96 bits per heavy atom. The van der Waals surface area contributed by atoms with Gasteiger partial charge in [0, 0.05) is 19.6 Å². The van der Waals surface area contributed by atoms with Crippen LogP contribution in [0.25, 0.3) is 6.08 Å². The topological polar surface area (TPSA) is 52.7 Å². The smallest absolute Gasteiger partial charge is 0.328 e. The Bertz CT molecular complexity index is 666. The predicted molar refractivity (Wildman–Crippen MR) is 86.4 cm³/mol. The molecule has 3 rings (SSSR count). The van der Waals surface area contributed by atoms with Crippen LogP contribution in [0.5, 0.6) is 0 Å². The Morgan fingerprint density at radius 3 is 2.57 bits per heavy atom. The highest BCUT2D eigenvalue weighted by molar-refractivity contribution is 6.13. The average molecular weight is 317 g/mol. The van der Waals surface area contributed by atoms with E-state index in [1.807, 2.05) is 0 Å². The van der Waals surface area contributed by atoms with Crippen molar-refractivity contribution in [3.05, 3.63) is 35.3 Å². The summed E-state index contributed by atoms with van der Waals surface area (Å²) in [5, 5.41) is 2.52. The van der Waals surface area contributed by atoms with Crippen molar-refractivity contribution >= 4 is 23.7 Å². The van der Waals surface area contributed by atoms with Crippen LogP contribution >= 0.6 is 0 Å². The first kappa shape index (κ1) is 15.5. The first-order valence-corrected chi connectivity index (χ1v) is 7.99. The molecule has 3 amide bonds. The number of likely N-dealkylation sites (N-methyl/N-ethyl adjacent to an activating group) is 1. The summed E-state index contributed by atoms with van der Waals surface area (Å²) in [7, 11) is 0. The fourth-order valence-corrected chi connectivity index (χ4v) is 3.03. The maximum absolute atomic E-state index is 14.4. The molecule has 0 aromatic heterocycles. The van der Waals surface area contributed by atoms with Crippen LogP contribution in [0.15, 0.2) is 23.9 Å². The van der Waals surface area contributed by atoms with Crippen molar-refractivity contribution in [3.63, 3.8) is 0 Å². The standard InChI is InChI=1S/C17H20FN3O2/c1-2-21-16(22)14(19-17(21)23)11-12-6-7-15(13(18)10-12)20-8-4-3-5-9-20/h6-7,10-11H,2-5,8-9H2,1H3,(H,19,23)/b14-11+. The van der Waals surface area contributed by atoms with Crippen molar-refractivity contribution < 1.29 is 14.0 Å². The average Bonchev–Trinajstić information content (AvgIpc) is 2.82. The van der Waals surface area contributed by atoms with E-state index in [1.165, 1.54) is 18.6 Å². The molecule has 0 radical (unpaired) electrons. The summed E-state index contributed by atoms with van der Waals surface area (Å²) in [6, 6.07) is 4.49. The number of nitrogens with one attached hydrogen (secondary N) is 1. The minimum atomic E-state index is -0.436. The van der Waals surface area contributed by atoms with Gasteiger partial charge in [-0.25, -0.2) is 9.18 Å². The van der Waals surface area contributed by atoms with E-state index in [2.05, 4.69) is 10.2 Å². The summed E-state index contributed by atoms with van der Waals surface area (Å²) >= 11 is 0. The third kappa shape index (κ3) is 3.06. The SMILES string of the molecule is CCN1C(=O)N/C(=C/c2ccc(N3CCCCC3)c(F)c2)C1=O. The van der Waals surface area contributed by atoms with Gasteiger partial charge in [-0.2, -0.15) is 0 Å². The predicted octanol–water partition coefficient (Wildman–Crippen LogP) is 2.73. The van der Waals surface area contributed by atoms with Crippen LogP contribution in [0.1, 0.15) is 31.7 Å². The Morgan fingerprint density at radius 1 is 1.22 bits per heavy atom. The van der Waals surface area contributed by atoms with E-state index in [1.54, 1.807) is 19.1 Å². The Kier molecular flexibility index (Phi) is 4.32. The number of carbonyl (C=O) groups excluding carboxylic acids is 2. The van der Waals surface area contributed by atoms with Crippen LogP contribution < -0.4 is 10.2 Å². The van der Waals surface area contributed by atoms with E-state index in [9.17, 15) is 14.0 Å². The number of hydrogen-bond donors (Lipinski definition) is 1. The van der Waals surface area contributed by atoms with E-state index in [0.29, 0.717) is 17.8 Å². The van der Waals surface area contributed by atoms with E-state index < -0.39 is 6.03 Å². The van der Waals surface area contributed by atoms with Gasteiger partial charge < -0.3 is 10.2 Å². The lowest BCUT2D eigenvalue weighted by Crippen LogP contribution is -2.30. The number of halogens is 1. The lowest BCUT2D eigenvalue weighted by Gasteiger charge is -2.29. The van der Waals surface area contributed by atoms with Crippen LogP contribution in [0, 0.1) is 5.82 Å². The summed E-state index contributed by atoms with van der Waals surface area (Å²) < 4.78 is 14.4. The molecule has 0 bridgehead atoms. The quantitative estimate of drug-likeness (QED) is 0.689. The van der Waals surface area contributed by atoms with Gasteiger partial charge >= 0.3 is 6.03 Å². The van der Waals surface area contributed by atoms with Gasteiger partial charge in [0.15, 0.2) is 0 Å². The number of amides is 3. The van der Waals surface area contributed by atoms with Crippen molar-refractivity contribution in [3.8, 4) is 0 Å². The van der Waals surface area contributed by atoms with Crippen molar-refractivity contribution in [2.24, 2.45) is 0 Å². The van der Waals surface area contributed by atoms with E-state index in [-0.39, 0.29) is 17.4 Å². The molecule has 0 saturated carbocycles. The van der Waals surface area contributed by atoms with Crippen molar-refractivity contribution in [1.29, 1.82) is 0 Å². The number of nitrogens with zero attached hydrogens (tertiary/aromatic N) is 2. The number of benzene rings is 1. The summed E-state index contributed by atoms with van der Waals surface area (Å²) in [6.07, 6.45) is 4.87. The molecular formula is C17H20FN3O2. The number of anilines is 1. The van der Waals surface area contributed by atoms with E-state index in [4.69, 9.17) is 0 Å². The van der Waals surface area contributed by atoms with Crippen LogP contribution in [0.3, 0.4) is 0 Å². The number of carbonyl (C=O) groups is 2. The highest BCUT2D eigenvalue weighted by atomic mass is 19.1. The molecule has 122 valence electrons. The molecule has 0 atom stereocenters. The molecule has 5 nitrogen and oxygen atoms in total. The van der Waals surface area contributed by atoms with Gasteiger partial charge in [0.2, 0.25) is 0 Å². The Labute approximate surface area is 134 Å². The summed E-state index contributed by atoms with van der Waals surface area (Å²) in [6.45, 7) is 3.78. The lowest BCUT2D eigenvalue weighted by atomic mass is 10.1.